The van der Waals surface area contributed by atoms with Crippen LogP contribution in [-0.4, -0.2) is 39.8 Å². The lowest BCUT2D eigenvalue weighted by atomic mass is 10.1. The molecule has 0 amide bonds. The maximum atomic E-state index is 8.77. The molecule has 7 heteroatoms. The average Bonchev–Trinajstić information content (AvgIpc) is 2.50. The van der Waals surface area contributed by atoms with Crippen molar-refractivity contribution in [1.29, 1.82) is 0 Å². The largest absolute Gasteiger partial charge is 0.395 e. The number of rotatable bonds is 8. The van der Waals surface area contributed by atoms with Gasteiger partial charge in [-0.15, -0.1) is 0 Å². The minimum atomic E-state index is 0.00311. The van der Waals surface area contributed by atoms with Gasteiger partial charge in [-0.2, -0.15) is 15.0 Å². The summed E-state index contributed by atoms with van der Waals surface area (Å²) in [4.78, 5) is 12.1. The number of nitrogens with zero attached hydrogens (tertiary/aromatic N) is 3. The third-order valence-electron chi connectivity index (χ3n) is 2.77. The van der Waals surface area contributed by atoms with Crippen molar-refractivity contribution >= 4 is 23.5 Å². The van der Waals surface area contributed by atoms with E-state index in [1.165, 1.54) is 5.56 Å². The molecule has 0 radical (unpaired) electrons. The number of aliphatic hydroxyl groups excluding tert-OH is 1. The van der Waals surface area contributed by atoms with E-state index in [2.05, 4.69) is 37.7 Å². The second-order valence-electron chi connectivity index (χ2n) is 4.42. The van der Waals surface area contributed by atoms with E-state index in [9.17, 15) is 0 Å². The Hall–Kier alpha value is -1.92. The highest BCUT2D eigenvalue weighted by Crippen LogP contribution is 2.09. The van der Waals surface area contributed by atoms with Gasteiger partial charge in [-0.3, -0.25) is 0 Å². The predicted octanol–water partition coefficient (Wildman–Crippen LogP) is 1.97. The van der Waals surface area contributed by atoms with Gasteiger partial charge >= 0.3 is 0 Å². The van der Waals surface area contributed by atoms with Crippen molar-refractivity contribution in [2.75, 3.05) is 30.3 Å². The molecule has 1 aromatic carbocycles. The van der Waals surface area contributed by atoms with Crippen molar-refractivity contribution in [2.24, 2.45) is 0 Å². The lowest BCUT2D eigenvalue weighted by Gasteiger charge is -2.07. The number of aromatic nitrogens is 3. The van der Waals surface area contributed by atoms with Crippen LogP contribution < -0.4 is 10.6 Å². The second-order valence-corrected chi connectivity index (χ2v) is 4.76. The molecule has 1 aromatic heterocycles. The van der Waals surface area contributed by atoms with E-state index in [-0.39, 0.29) is 11.9 Å². The summed E-state index contributed by atoms with van der Waals surface area (Å²) in [7, 11) is 0. The van der Waals surface area contributed by atoms with E-state index in [1.54, 1.807) is 0 Å². The number of halogens is 1. The molecule has 6 nitrogen and oxygen atoms in total. The Morgan fingerprint density at radius 1 is 0.952 bits per heavy atom. The number of benzene rings is 1. The molecule has 0 fully saturated rings. The molecule has 112 valence electrons. The maximum absolute atomic E-state index is 8.77. The summed E-state index contributed by atoms with van der Waals surface area (Å²) < 4.78 is 0. The Morgan fingerprint density at radius 2 is 1.62 bits per heavy atom. The molecule has 0 aliphatic rings. The highest BCUT2D eigenvalue weighted by atomic mass is 35.5. The number of aliphatic hydroxyl groups is 1. The minimum Gasteiger partial charge on any atom is -0.395 e. The first-order chi connectivity index (χ1) is 10.3. The minimum absolute atomic E-state index is 0.00311. The van der Waals surface area contributed by atoms with E-state index in [0.29, 0.717) is 18.4 Å². The summed E-state index contributed by atoms with van der Waals surface area (Å²) >= 11 is 5.83. The summed E-state index contributed by atoms with van der Waals surface area (Å²) in [5, 5.41) is 14.9. The average molecular weight is 308 g/mol. The molecular weight excluding hydrogens is 290 g/mol. The molecular formula is C14H18ClN5O. The highest BCUT2D eigenvalue weighted by molar-refractivity contribution is 6.28. The van der Waals surface area contributed by atoms with E-state index in [4.69, 9.17) is 16.7 Å². The van der Waals surface area contributed by atoms with Crippen molar-refractivity contribution in [2.45, 2.75) is 12.8 Å². The Kier molecular flexibility index (Phi) is 6.18. The van der Waals surface area contributed by atoms with Crippen LogP contribution in [0, 0.1) is 0 Å². The zero-order chi connectivity index (χ0) is 14.9. The van der Waals surface area contributed by atoms with Crippen LogP contribution in [0.15, 0.2) is 30.3 Å². The fraction of sp³-hybridized carbons (Fsp3) is 0.357. The monoisotopic (exact) mass is 307 g/mol. The van der Waals surface area contributed by atoms with Gasteiger partial charge in [0.25, 0.3) is 0 Å². The third kappa shape index (κ3) is 5.53. The van der Waals surface area contributed by atoms with Gasteiger partial charge in [-0.25, -0.2) is 0 Å². The van der Waals surface area contributed by atoms with Crippen LogP contribution >= 0.6 is 11.6 Å². The van der Waals surface area contributed by atoms with Crippen LogP contribution in [0.2, 0.25) is 5.28 Å². The first-order valence-corrected chi connectivity index (χ1v) is 7.20. The van der Waals surface area contributed by atoms with Gasteiger partial charge < -0.3 is 15.7 Å². The maximum Gasteiger partial charge on any atom is 0.228 e. The Labute approximate surface area is 128 Å². The van der Waals surface area contributed by atoms with E-state index in [0.717, 1.165) is 19.4 Å². The highest BCUT2D eigenvalue weighted by Gasteiger charge is 2.04. The van der Waals surface area contributed by atoms with Crippen LogP contribution in [0.5, 0.6) is 0 Å². The van der Waals surface area contributed by atoms with Crippen LogP contribution in [-0.2, 0) is 6.42 Å². The van der Waals surface area contributed by atoms with Crippen LogP contribution in [0.4, 0.5) is 11.9 Å². The molecule has 21 heavy (non-hydrogen) atoms. The molecule has 0 unspecified atom stereocenters. The molecule has 0 aliphatic carbocycles. The molecule has 1 heterocycles. The van der Waals surface area contributed by atoms with Crippen molar-refractivity contribution in [3.63, 3.8) is 0 Å². The number of nitrogens with one attached hydrogen (secondary N) is 2. The summed E-state index contributed by atoms with van der Waals surface area (Å²) in [6.07, 6.45) is 1.95. The predicted molar refractivity (Wildman–Crippen MR) is 83.7 cm³/mol. The topological polar surface area (TPSA) is 83.0 Å². The number of hydrogen-bond donors (Lipinski definition) is 3. The second kappa shape index (κ2) is 8.39. The smallest absolute Gasteiger partial charge is 0.228 e. The van der Waals surface area contributed by atoms with E-state index in [1.807, 2.05) is 18.2 Å². The molecule has 3 N–H and O–H groups in total. The summed E-state index contributed by atoms with van der Waals surface area (Å²) in [6, 6.07) is 10.3. The number of hydrogen-bond acceptors (Lipinski definition) is 6. The van der Waals surface area contributed by atoms with Gasteiger partial charge in [0.15, 0.2) is 0 Å². The SMILES string of the molecule is OCCNc1nc(Cl)nc(NCCCc2ccccc2)n1. The molecule has 2 aromatic rings. The molecule has 0 spiro atoms. The summed E-state index contributed by atoms with van der Waals surface area (Å²) in [5.41, 5.74) is 1.30. The fourth-order valence-corrected chi connectivity index (χ4v) is 1.97. The van der Waals surface area contributed by atoms with Gasteiger partial charge in [-0.05, 0) is 30.0 Å². The van der Waals surface area contributed by atoms with E-state index >= 15 is 0 Å². The molecule has 0 bridgehead atoms. The zero-order valence-electron chi connectivity index (χ0n) is 11.6. The van der Waals surface area contributed by atoms with Crippen molar-refractivity contribution in [3.8, 4) is 0 Å². The molecule has 2 rings (SSSR count). The lowest BCUT2D eigenvalue weighted by molar-refractivity contribution is 0.311. The van der Waals surface area contributed by atoms with Gasteiger partial charge in [0.1, 0.15) is 0 Å². The van der Waals surface area contributed by atoms with Crippen molar-refractivity contribution in [1.82, 2.24) is 15.0 Å². The fourth-order valence-electron chi connectivity index (χ4n) is 1.81. The Balaban J connectivity index is 1.81. The first-order valence-electron chi connectivity index (χ1n) is 6.82. The molecule has 0 saturated heterocycles. The van der Waals surface area contributed by atoms with Crippen molar-refractivity contribution < 1.29 is 5.11 Å². The van der Waals surface area contributed by atoms with Gasteiger partial charge in [0.2, 0.25) is 17.2 Å². The number of aryl methyl sites for hydroxylation is 1. The first kappa shape index (κ1) is 15.5. The molecule has 0 saturated carbocycles. The van der Waals surface area contributed by atoms with Crippen LogP contribution in [0.25, 0.3) is 0 Å². The molecule has 0 aliphatic heterocycles. The standard InChI is InChI=1S/C14H18ClN5O/c15-12-18-13(20-14(19-12)17-9-10-21)16-8-4-7-11-5-2-1-3-6-11/h1-3,5-6,21H,4,7-10H2,(H2,16,17,18,19,20). The van der Waals surface area contributed by atoms with Crippen LogP contribution in [0.1, 0.15) is 12.0 Å². The summed E-state index contributed by atoms with van der Waals surface area (Å²) in [5.74, 6) is 0.790. The number of anilines is 2. The van der Waals surface area contributed by atoms with E-state index < -0.39 is 0 Å². The lowest BCUT2D eigenvalue weighted by Crippen LogP contribution is -2.12. The van der Waals surface area contributed by atoms with Gasteiger partial charge in [0.05, 0.1) is 6.61 Å². The van der Waals surface area contributed by atoms with Crippen molar-refractivity contribution in [3.05, 3.63) is 41.2 Å². The summed E-state index contributed by atoms with van der Waals surface area (Å²) in [6.45, 7) is 1.12. The zero-order valence-corrected chi connectivity index (χ0v) is 12.3. The molecule has 0 atom stereocenters. The quantitative estimate of drug-likeness (QED) is 0.647. The van der Waals surface area contributed by atoms with Gasteiger partial charge in [-0.1, -0.05) is 30.3 Å². The Bertz CT molecular complexity index is 552. The van der Waals surface area contributed by atoms with Gasteiger partial charge in [0, 0.05) is 13.1 Å². The third-order valence-corrected chi connectivity index (χ3v) is 2.94. The normalized spacial score (nSPS) is 10.4. The Morgan fingerprint density at radius 3 is 2.29 bits per heavy atom. The van der Waals surface area contributed by atoms with Crippen LogP contribution in [0.3, 0.4) is 0 Å².